The van der Waals surface area contributed by atoms with Crippen LogP contribution in [0.4, 0.5) is 10.6 Å². The lowest BCUT2D eigenvalue weighted by atomic mass is 10.1. The van der Waals surface area contributed by atoms with Crippen molar-refractivity contribution in [2.45, 2.75) is 18.9 Å². The quantitative estimate of drug-likeness (QED) is 0.621. The number of hydrogen-bond donors (Lipinski definition) is 3. The molecule has 1 fully saturated rings. The average molecular weight is 381 g/mol. The molecule has 0 spiro atoms. The van der Waals surface area contributed by atoms with Crippen molar-refractivity contribution in [1.82, 2.24) is 24.3 Å². The van der Waals surface area contributed by atoms with Gasteiger partial charge in [-0.2, -0.15) is 0 Å². The zero-order valence-corrected chi connectivity index (χ0v) is 14.9. The molecule has 28 heavy (non-hydrogen) atoms. The minimum Gasteiger partial charge on any atom is -0.465 e. The zero-order valence-electron chi connectivity index (χ0n) is 14.9. The van der Waals surface area contributed by atoms with E-state index in [9.17, 15) is 14.7 Å². The third-order valence-corrected chi connectivity index (χ3v) is 4.74. The number of likely N-dealkylation sites (tertiary alicyclic amines) is 1. The highest BCUT2D eigenvalue weighted by Crippen LogP contribution is 2.21. The van der Waals surface area contributed by atoms with Crippen LogP contribution in [0.1, 0.15) is 23.2 Å². The van der Waals surface area contributed by atoms with Crippen molar-refractivity contribution in [3.05, 3.63) is 42.5 Å². The van der Waals surface area contributed by atoms with Crippen LogP contribution in [0.15, 0.2) is 36.9 Å². The summed E-state index contributed by atoms with van der Waals surface area (Å²) >= 11 is 0. The number of nitrogens with one attached hydrogen (secondary N) is 1. The van der Waals surface area contributed by atoms with Gasteiger partial charge in [-0.3, -0.25) is 14.2 Å². The number of fused-ring (bicyclic) bond motifs is 1. The maximum atomic E-state index is 11.3. The number of amides is 2. The smallest absolute Gasteiger partial charge is 0.407 e. The molecule has 1 aliphatic heterocycles. The molecule has 144 valence electrons. The van der Waals surface area contributed by atoms with E-state index in [0.717, 1.165) is 18.5 Å². The summed E-state index contributed by atoms with van der Waals surface area (Å²) in [5.74, 6) is 0.0550. The van der Waals surface area contributed by atoms with Gasteiger partial charge in [0, 0.05) is 30.9 Å². The molecule has 1 saturated heterocycles. The first-order valence-electron chi connectivity index (χ1n) is 8.85. The Kier molecular flexibility index (Phi) is 4.52. The van der Waals surface area contributed by atoms with Crippen LogP contribution in [0.2, 0.25) is 0 Å². The molecular formula is C18H19N7O3. The summed E-state index contributed by atoms with van der Waals surface area (Å²) in [5, 5.41) is 12.4. The van der Waals surface area contributed by atoms with Gasteiger partial charge in [0.15, 0.2) is 0 Å². The van der Waals surface area contributed by atoms with E-state index in [4.69, 9.17) is 5.73 Å². The van der Waals surface area contributed by atoms with Crippen molar-refractivity contribution in [1.29, 1.82) is 0 Å². The van der Waals surface area contributed by atoms with Crippen molar-refractivity contribution in [2.24, 2.45) is 5.73 Å². The Morgan fingerprint density at radius 3 is 2.93 bits per heavy atom. The normalized spacial score (nSPS) is 16.9. The molecule has 4 rings (SSSR count). The van der Waals surface area contributed by atoms with E-state index < -0.39 is 12.0 Å². The Balaban J connectivity index is 1.58. The predicted octanol–water partition coefficient (Wildman–Crippen LogP) is 1.44. The number of nitrogens with two attached hydrogens (primary N) is 1. The van der Waals surface area contributed by atoms with E-state index >= 15 is 0 Å². The van der Waals surface area contributed by atoms with Crippen molar-refractivity contribution in [2.75, 3.05) is 18.4 Å². The molecule has 0 radical (unpaired) electrons. The molecule has 0 aliphatic carbocycles. The van der Waals surface area contributed by atoms with Crippen LogP contribution in [0.3, 0.4) is 0 Å². The lowest BCUT2D eigenvalue weighted by Crippen LogP contribution is -2.44. The summed E-state index contributed by atoms with van der Waals surface area (Å²) in [4.78, 5) is 37.1. The third kappa shape index (κ3) is 3.43. The summed E-state index contributed by atoms with van der Waals surface area (Å²) in [6, 6.07) is 3.22. The molecule has 3 aromatic rings. The number of carboxylic acid groups (broad SMARTS) is 1. The van der Waals surface area contributed by atoms with E-state index in [-0.39, 0.29) is 6.04 Å². The van der Waals surface area contributed by atoms with E-state index in [0.29, 0.717) is 35.8 Å². The van der Waals surface area contributed by atoms with Gasteiger partial charge >= 0.3 is 6.09 Å². The standard InChI is InChI=1S/C18H19N7O3/c19-17(26)11-3-5-25-14(8-21-16(25)6-11)13-7-20-9-15(23-13)22-12-2-1-4-24(10-12)18(27)28/h3,5-9,12H,1-2,4,10H2,(H2,19,26)(H,22,23)(H,27,28)/t12-/m1/s1. The number of carbonyl (C=O) groups excluding carboxylic acids is 1. The number of hydrogen-bond acceptors (Lipinski definition) is 6. The van der Waals surface area contributed by atoms with Gasteiger partial charge in [0.05, 0.1) is 24.3 Å². The van der Waals surface area contributed by atoms with Gasteiger partial charge in [0.25, 0.3) is 0 Å². The van der Waals surface area contributed by atoms with Crippen LogP contribution in [0.5, 0.6) is 0 Å². The second kappa shape index (κ2) is 7.14. The topological polar surface area (TPSA) is 139 Å². The maximum absolute atomic E-state index is 11.3. The lowest BCUT2D eigenvalue weighted by molar-refractivity contribution is 0.1000. The summed E-state index contributed by atoms with van der Waals surface area (Å²) in [6.07, 6.45) is 7.35. The molecule has 0 bridgehead atoms. The Labute approximate surface area is 160 Å². The van der Waals surface area contributed by atoms with Gasteiger partial charge in [-0.1, -0.05) is 0 Å². The molecule has 10 heteroatoms. The molecule has 1 aliphatic rings. The Bertz CT molecular complexity index is 1050. The Morgan fingerprint density at radius 2 is 2.14 bits per heavy atom. The fourth-order valence-electron chi connectivity index (χ4n) is 3.36. The molecule has 2 amide bonds. The summed E-state index contributed by atoms with van der Waals surface area (Å²) in [6.45, 7) is 0.959. The Morgan fingerprint density at radius 1 is 1.29 bits per heavy atom. The predicted molar refractivity (Wildman–Crippen MR) is 101 cm³/mol. The molecule has 0 aromatic carbocycles. The number of primary amides is 1. The fraction of sp³-hybridized carbons (Fsp3) is 0.278. The second-order valence-corrected chi connectivity index (χ2v) is 6.65. The molecule has 1 atom stereocenters. The van der Waals surface area contributed by atoms with E-state index in [1.54, 1.807) is 41.3 Å². The van der Waals surface area contributed by atoms with Crippen molar-refractivity contribution >= 4 is 23.5 Å². The zero-order chi connectivity index (χ0) is 19.7. The highest BCUT2D eigenvalue weighted by atomic mass is 16.4. The van der Waals surface area contributed by atoms with Gasteiger partial charge in [-0.05, 0) is 25.0 Å². The summed E-state index contributed by atoms with van der Waals surface area (Å²) in [7, 11) is 0. The summed E-state index contributed by atoms with van der Waals surface area (Å²) < 4.78 is 1.80. The van der Waals surface area contributed by atoms with Crippen LogP contribution < -0.4 is 11.1 Å². The summed E-state index contributed by atoms with van der Waals surface area (Å²) in [5.41, 5.74) is 7.60. The van der Waals surface area contributed by atoms with Gasteiger partial charge in [-0.15, -0.1) is 0 Å². The fourth-order valence-corrected chi connectivity index (χ4v) is 3.36. The van der Waals surface area contributed by atoms with Gasteiger partial charge in [0.2, 0.25) is 5.91 Å². The number of anilines is 1. The number of aromatic nitrogens is 4. The van der Waals surface area contributed by atoms with Crippen LogP contribution in [0.25, 0.3) is 17.0 Å². The first-order valence-corrected chi connectivity index (χ1v) is 8.85. The van der Waals surface area contributed by atoms with Crippen LogP contribution in [-0.2, 0) is 0 Å². The second-order valence-electron chi connectivity index (χ2n) is 6.65. The maximum Gasteiger partial charge on any atom is 0.407 e. The number of piperidine rings is 1. The van der Waals surface area contributed by atoms with Gasteiger partial charge in [0.1, 0.15) is 17.2 Å². The molecule has 0 unspecified atom stereocenters. The van der Waals surface area contributed by atoms with Crippen molar-refractivity contribution in [3.8, 4) is 11.4 Å². The average Bonchev–Trinajstić information content (AvgIpc) is 3.11. The van der Waals surface area contributed by atoms with E-state index in [1.165, 1.54) is 4.90 Å². The molecule has 0 saturated carbocycles. The van der Waals surface area contributed by atoms with Gasteiger partial charge in [-0.25, -0.2) is 14.8 Å². The monoisotopic (exact) mass is 381 g/mol. The molecule has 3 aromatic heterocycles. The first-order chi connectivity index (χ1) is 13.5. The highest BCUT2D eigenvalue weighted by molar-refractivity contribution is 5.93. The molecule has 10 nitrogen and oxygen atoms in total. The third-order valence-electron chi connectivity index (χ3n) is 4.74. The molecular weight excluding hydrogens is 362 g/mol. The Hall–Kier alpha value is -3.69. The number of rotatable bonds is 4. The van der Waals surface area contributed by atoms with Crippen molar-refractivity contribution in [3.63, 3.8) is 0 Å². The SMILES string of the molecule is NC(=O)c1ccn2c(-c3cncc(N[C@@H]4CCCN(C(=O)O)C4)n3)cnc2c1. The van der Waals surface area contributed by atoms with E-state index in [2.05, 4.69) is 20.3 Å². The largest absolute Gasteiger partial charge is 0.465 e. The van der Waals surface area contributed by atoms with Crippen molar-refractivity contribution < 1.29 is 14.7 Å². The number of imidazole rings is 1. The number of carbonyl (C=O) groups is 2. The van der Waals surface area contributed by atoms with Crippen LogP contribution in [-0.4, -0.2) is 60.5 Å². The minimum atomic E-state index is -0.910. The number of pyridine rings is 1. The number of nitrogens with zero attached hydrogens (tertiary/aromatic N) is 5. The van der Waals surface area contributed by atoms with E-state index in [1.807, 2.05) is 0 Å². The van der Waals surface area contributed by atoms with Crippen LogP contribution in [0, 0.1) is 0 Å². The van der Waals surface area contributed by atoms with Gasteiger partial charge < -0.3 is 21.1 Å². The molecule has 4 heterocycles. The first kappa shape index (κ1) is 17.7. The minimum absolute atomic E-state index is 0.0188. The van der Waals surface area contributed by atoms with Crippen LogP contribution >= 0.6 is 0 Å². The lowest BCUT2D eigenvalue weighted by Gasteiger charge is -2.31. The molecule has 4 N–H and O–H groups in total. The highest BCUT2D eigenvalue weighted by Gasteiger charge is 2.23.